The average Bonchev–Trinajstić information content (AvgIpc) is 3.36. The second kappa shape index (κ2) is 6.53. The molecule has 0 aliphatic heterocycles. The first-order valence-electron chi connectivity index (χ1n) is 7.79. The molecule has 26 heavy (non-hydrogen) atoms. The van der Waals surface area contributed by atoms with Gasteiger partial charge in [0.05, 0.1) is 35.0 Å². The van der Waals surface area contributed by atoms with Crippen molar-refractivity contribution >= 4 is 28.7 Å². The number of hydrogen-bond acceptors (Lipinski definition) is 6. The fourth-order valence-corrected chi connectivity index (χ4v) is 3.41. The third kappa shape index (κ3) is 2.68. The molecule has 0 amide bonds. The van der Waals surface area contributed by atoms with Gasteiger partial charge in [-0.15, -0.1) is 11.3 Å². The molecule has 0 aliphatic carbocycles. The number of thiophene rings is 1. The number of hydrogen-bond donors (Lipinski definition) is 0. The molecule has 0 saturated carbocycles. The van der Waals surface area contributed by atoms with Crippen molar-refractivity contribution in [3.63, 3.8) is 0 Å². The van der Waals surface area contributed by atoms with Crippen LogP contribution in [-0.4, -0.2) is 33.5 Å². The zero-order valence-electron chi connectivity index (χ0n) is 13.7. The third-order valence-corrected chi connectivity index (χ3v) is 4.84. The monoisotopic (exact) mass is 363 g/mol. The van der Waals surface area contributed by atoms with Crippen LogP contribution in [0.2, 0.25) is 0 Å². The van der Waals surface area contributed by atoms with Crippen molar-refractivity contribution in [2.45, 2.75) is 0 Å². The smallest absolute Gasteiger partial charge is 0.337 e. The van der Waals surface area contributed by atoms with Gasteiger partial charge in [-0.2, -0.15) is 5.10 Å². The first kappa shape index (κ1) is 16.2. The normalized spacial score (nSPS) is 10.8. The molecule has 0 saturated heterocycles. The number of esters is 1. The first-order valence-corrected chi connectivity index (χ1v) is 8.66. The summed E-state index contributed by atoms with van der Waals surface area (Å²) in [5.74, 6) is -0.519. The van der Waals surface area contributed by atoms with E-state index in [-0.39, 0.29) is 5.78 Å². The van der Waals surface area contributed by atoms with Gasteiger partial charge in [0.2, 0.25) is 5.78 Å². The van der Waals surface area contributed by atoms with Crippen LogP contribution in [0.5, 0.6) is 0 Å². The summed E-state index contributed by atoms with van der Waals surface area (Å²) in [7, 11) is 1.34. The molecule has 0 spiro atoms. The highest BCUT2D eigenvalue weighted by atomic mass is 32.1. The number of ether oxygens (including phenoxy) is 1. The van der Waals surface area contributed by atoms with Gasteiger partial charge in [0.15, 0.2) is 5.65 Å². The van der Waals surface area contributed by atoms with Crippen LogP contribution in [0.25, 0.3) is 16.9 Å². The summed E-state index contributed by atoms with van der Waals surface area (Å²) in [4.78, 5) is 29.4. The molecule has 7 heteroatoms. The van der Waals surface area contributed by atoms with Crippen LogP contribution < -0.4 is 0 Å². The van der Waals surface area contributed by atoms with E-state index in [0.717, 1.165) is 11.3 Å². The molecule has 0 fully saturated rings. The van der Waals surface area contributed by atoms with E-state index >= 15 is 0 Å². The van der Waals surface area contributed by atoms with Crippen LogP contribution in [-0.2, 0) is 4.74 Å². The molecule has 3 heterocycles. The summed E-state index contributed by atoms with van der Waals surface area (Å²) in [6.45, 7) is 0. The SMILES string of the molecule is COC(=O)c1cccc(-c2ccnc3c(C(=O)c4cccs4)cnn23)c1. The van der Waals surface area contributed by atoms with Crippen LogP contribution in [0.4, 0.5) is 0 Å². The Morgan fingerprint density at radius 2 is 2.04 bits per heavy atom. The van der Waals surface area contributed by atoms with Crippen molar-refractivity contribution in [3.8, 4) is 11.3 Å². The number of rotatable bonds is 4. The second-order valence-corrected chi connectivity index (χ2v) is 6.45. The molecular formula is C19H13N3O3S. The Morgan fingerprint density at radius 1 is 1.15 bits per heavy atom. The van der Waals surface area contributed by atoms with Crippen molar-refractivity contribution in [2.75, 3.05) is 7.11 Å². The Morgan fingerprint density at radius 3 is 2.81 bits per heavy atom. The maximum Gasteiger partial charge on any atom is 0.337 e. The Balaban J connectivity index is 1.83. The lowest BCUT2D eigenvalue weighted by molar-refractivity contribution is 0.0600. The van der Waals surface area contributed by atoms with Gasteiger partial charge in [-0.3, -0.25) is 4.79 Å². The minimum Gasteiger partial charge on any atom is -0.465 e. The van der Waals surface area contributed by atoms with Crippen molar-refractivity contribution in [2.24, 2.45) is 0 Å². The van der Waals surface area contributed by atoms with Crippen molar-refractivity contribution < 1.29 is 14.3 Å². The molecule has 0 bridgehead atoms. The molecule has 4 rings (SSSR count). The van der Waals surface area contributed by atoms with Gasteiger partial charge < -0.3 is 4.74 Å². The summed E-state index contributed by atoms with van der Waals surface area (Å²) in [5.41, 5.74) is 2.87. The zero-order valence-corrected chi connectivity index (χ0v) is 14.6. The second-order valence-electron chi connectivity index (χ2n) is 5.50. The van der Waals surface area contributed by atoms with Gasteiger partial charge >= 0.3 is 5.97 Å². The van der Waals surface area contributed by atoms with E-state index < -0.39 is 5.97 Å². The van der Waals surface area contributed by atoms with E-state index in [1.54, 1.807) is 41.0 Å². The van der Waals surface area contributed by atoms with Gasteiger partial charge in [0, 0.05) is 11.8 Å². The van der Waals surface area contributed by atoms with Gasteiger partial charge in [-0.05, 0) is 29.6 Å². The molecule has 6 nitrogen and oxygen atoms in total. The Kier molecular flexibility index (Phi) is 4.06. The Bertz CT molecular complexity index is 1120. The van der Waals surface area contributed by atoms with Crippen molar-refractivity contribution in [1.29, 1.82) is 0 Å². The predicted octanol–water partition coefficient (Wildman–Crippen LogP) is 3.48. The highest BCUT2D eigenvalue weighted by Gasteiger charge is 2.18. The van der Waals surface area contributed by atoms with Crippen LogP contribution in [0.15, 0.2) is 60.2 Å². The number of benzene rings is 1. The van der Waals surface area contributed by atoms with E-state index in [2.05, 4.69) is 10.1 Å². The maximum atomic E-state index is 12.7. The topological polar surface area (TPSA) is 73.6 Å². The first-order chi connectivity index (χ1) is 12.7. The molecule has 1 aromatic carbocycles. The number of fused-ring (bicyclic) bond motifs is 1. The number of carbonyl (C=O) groups excluding carboxylic acids is 2. The standard InChI is InChI=1S/C19H13N3O3S/c1-25-19(24)13-5-2-4-12(10-13)15-7-8-20-18-14(11-21-22(15)18)17(23)16-6-3-9-26-16/h2-11H,1H3. The number of nitrogens with zero attached hydrogens (tertiary/aromatic N) is 3. The van der Waals surface area contributed by atoms with E-state index in [0.29, 0.717) is 21.7 Å². The quantitative estimate of drug-likeness (QED) is 0.410. The van der Waals surface area contributed by atoms with Crippen LogP contribution in [0, 0.1) is 0 Å². The molecule has 0 N–H and O–H groups in total. The van der Waals surface area contributed by atoms with Crippen LogP contribution in [0.3, 0.4) is 0 Å². The summed E-state index contributed by atoms with van der Waals surface area (Å²) in [5, 5.41) is 6.20. The Hall–Kier alpha value is -3.32. The van der Waals surface area contributed by atoms with E-state index in [4.69, 9.17) is 4.74 Å². The van der Waals surface area contributed by atoms with E-state index in [1.807, 2.05) is 17.5 Å². The molecular weight excluding hydrogens is 350 g/mol. The molecule has 128 valence electrons. The van der Waals surface area contributed by atoms with Crippen molar-refractivity contribution in [1.82, 2.24) is 14.6 Å². The lowest BCUT2D eigenvalue weighted by Gasteiger charge is -2.06. The third-order valence-electron chi connectivity index (χ3n) is 3.97. The highest BCUT2D eigenvalue weighted by Crippen LogP contribution is 2.24. The number of methoxy groups -OCH3 is 1. The van der Waals surface area contributed by atoms with Crippen molar-refractivity contribution in [3.05, 3.63) is 76.2 Å². The zero-order chi connectivity index (χ0) is 18.1. The number of carbonyl (C=O) groups is 2. The molecule has 0 unspecified atom stereocenters. The molecule has 0 aliphatic rings. The summed E-state index contributed by atoms with van der Waals surface area (Å²) in [6, 6.07) is 12.4. The summed E-state index contributed by atoms with van der Waals surface area (Å²) >= 11 is 1.38. The minimum atomic E-state index is -0.411. The largest absolute Gasteiger partial charge is 0.465 e. The fraction of sp³-hybridized carbons (Fsp3) is 0.0526. The highest BCUT2D eigenvalue weighted by molar-refractivity contribution is 7.12. The molecule has 3 aromatic heterocycles. The fourth-order valence-electron chi connectivity index (χ4n) is 2.73. The molecule has 0 atom stereocenters. The van der Waals surface area contributed by atoms with Crippen LogP contribution >= 0.6 is 11.3 Å². The summed E-state index contributed by atoms with van der Waals surface area (Å²) in [6.07, 6.45) is 3.15. The minimum absolute atomic E-state index is 0.108. The average molecular weight is 363 g/mol. The lowest BCUT2D eigenvalue weighted by atomic mass is 10.1. The van der Waals surface area contributed by atoms with Gasteiger partial charge in [-0.1, -0.05) is 18.2 Å². The number of ketones is 1. The van der Waals surface area contributed by atoms with E-state index in [9.17, 15) is 9.59 Å². The lowest BCUT2D eigenvalue weighted by Crippen LogP contribution is -2.03. The molecule has 0 radical (unpaired) electrons. The van der Waals surface area contributed by atoms with Gasteiger partial charge in [0.25, 0.3) is 0 Å². The van der Waals surface area contributed by atoms with Gasteiger partial charge in [-0.25, -0.2) is 14.3 Å². The van der Waals surface area contributed by atoms with Crippen LogP contribution in [0.1, 0.15) is 25.6 Å². The maximum absolute atomic E-state index is 12.7. The predicted molar refractivity (Wildman–Crippen MR) is 97.5 cm³/mol. The van der Waals surface area contributed by atoms with E-state index in [1.165, 1.54) is 24.6 Å². The Labute approximate surface area is 152 Å². The number of aromatic nitrogens is 3. The van der Waals surface area contributed by atoms with Gasteiger partial charge in [0.1, 0.15) is 0 Å². The summed E-state index contributed by atoms with van der Waals surface area (Å²) < 4.78 is 6.38. The molecule has 4 aromatic rings.